The molecule has 0 aliphatic carbocycles. The van der Waals surface area contributed by atoms with Gasteiger partial charge in [-0.3, -0.25) is 4.99 Å². The third-order valence-electron chi connectivity index (χ3n) is 2.57. The predicted octanol–water partition coefficient (Wildman–Crippen LogP) is 3.84. The summed E-state index contributed by atoms with van der Waals surface area (Å²) in [5, 5.41) is 0. The van der Waals surface area contributed by atoms with Gasteiger partial charge in [-0.15, -0.1) is 0 Å². The van der Waals surface area contributed by atoms with Crippen LogP contribution in [0.4, 0.5) is 0 Å². The van der Waals surface area contributed by atoms with Crippen LogP contribution < -0.4 is 0 Å². The van der Waals surface area contributed by atoms with Crippen LogP contribution >= 0.6 is 0 Å². The SMILES string of the molecule is CCCOC(C)(CCC)C(C)=NC(C)C. The van der Waals surface area contributed by atoms with Gasteiger partial charge in [0.1, 0.15) is 5.60 Å². The second kappa shape index (κ2) is 7.00. The van der Waals surface area contributed by atoms with E-state index in [0.717, 1.165) is 31.6 Å². The van der Waals surface area contributed by atoms with Crippen LogP contribution in [0.2, 0.25) is 0 Å². The van der Waals surface area contributed by atoms with Crippen LogP contribution in [-0.4, -0.2) is 24.0 Å². The first-order chi connectivity index (χ1) is 6.96. The maximum absolute atomic E-state index is 5.95. The van der Waals surface area contributed by atoms with Crippen LogP contribution in [0, 0.1) is 0 Å². The quantitative estimate of drug-likeness (QED) is 0.589. The fourth-order valence-electron chi connectivity index (χ4n) is 1.69. The van der Waals surface area contributed by atoms with Crippen molar-refractivity contribution in [3.8, 4) is 0 Å². The first-order valence-corrected chi connectivity index (χ1v) is 6.15. The van der Waals surface area contributed by atoms with Gasteiger partial charge in [0.2, 0.25) is 0 Å². The highest BCUT2D eigenvalue weighted by Crippen LogP contribution is 2.21. The summed E-state index contributed by atoms with van der Waals surface area (Å²) >= 11 is 0. The second-order valence-corrected chi connectivity index (χ2v) is 4.64. The van der Waals surface area contributed by atoms with Crippen molar-refractivity contribution in [2.45, 2.75) is 72.4 Å². The van der Waals surface area contributed by atoms with Gasteiger partial charge in [0.15, 0.2) is 0 Å². The molecule has 0 amide bonds. The zero-order valence-electron chi connectivity index (χ0n) is 11.3. The normalized spacial score (nSPS) is 16.9. The van der Waals surface area contributed by atoms with E-state index in [-0.39, 0.29) is 5.60 Å². The van der Waals surface area contributed by atoms with Crippen molar-refractivity contribution in [2.75, 3.05) is 6.61 Å². The van der Waals surface area contributed by atoms with Crippen LogP contribution in [0.25, 0.3) is 0 Å². The molecule has 0 aliphatic rings. The van der Waals surface area contributed by atoms with E-state index in [4.69, 9.17) is 4.74 Å². The zero-order valence-corrected chi connectivity index (χ0v) is 11.3. The third kappa shape index (κ3) is 5.31. The molecule has 1 unspecified atom stereocenters. The molecule has 0 aromatic rings. The van der Waals surface area contributed by atoms with E-state index in [1.165, 1.54) is 0 Å². The number of hydrogen-bond acceptors (Lipinski definition) is 2. The topological polar surface area (TPSA) is 21.6 Å². The maximum Gasteiger partial charge on any atom is 0.103 e. The van der Waals surface area contributed by atoms with E-state index in [1.54, 1.807) is 0 Å². The summed E-state index contributed by atoms with van der Waals surface area (Å²) < 4.78 is 5.95. The van der Waals surface area contributed by atoms with Crippen LogP contribution in [0.3, 0.4) is 0 Å². The summed E-state index contributed by atoms with van der Waals surface area (Å²) in [6.07, 6.45) is 3.24. The Kier molecular flexibility index (Phi) is 6.82. The molecule has 0 fully saturated rings. The number of hydrogen-bond donors (Lipinski definition) is 0. The molecule has 0 N–H and O–H groups in total. The highest BCUT2D eigenvalue weighted by molar-refractivity contribution is 5.90. The summed E-state index contributed by atoms with van der Waals surface area (Å²) in [6.45, 7) is 13.6. The number of ether oxygens (including phenoxy) is 1. The summed E-state index contributed by atoms with van der Waals surface area (Å²) in [7, 11) is 0. The standard InChI is InChI=1S/C13H27NO/c1-7-9-13(6,15-10-8-2)12(5)14-11(3)4/h11H,7-10H2,1-6H3. The highest BCUT2D eigenvalue weighted by atomic mass is 16.5. The Bertz CT molecular complexity index is 199. The molecule has 0 aliphatic heterocycles. The molecule has 15 heavy (non-hydrogen) atoms. The lowest BCUT2D eigenvalue weighted by Crippen LogP contribution is -2.37. The van der Waals surface area contributed by atoms with E-state index >= 15 is 0 Å². The van der Waals surface area contributed by atoms with E-state index in [1.807, 2.05) is 0 Å². The lowest BCUT2D eigenvalue weighted by molar-refractivity contribution is 0.0140. The summed E-state index contributed by atoms with van der Waals surface area (Å²) in [6, 6.07) is 0.353. The number of rotatable bonds is 7. The van der Waals surface area contributed by atoms with Crippen LogP contribution in [0.15, 0.2) is 4.99 Å². The number of aliphatic imine (C=N–C) groups is 1. The van der Waals surface area contributed by atoms with Gasteiger partial charge in [0.25, 0.3) is 0 Å². The largest absolute Gasteiger partial charge is 0.369 e. The fraction of sp³-hybridized carbons (Fsp3) is 0.923. The van der Waals surface area contributed by atoms with Crippen LogP contribution in [0.5, 0.6) is 0 Å². The Morgan fingerprint density at radius 3 is 2.27 bits per heavy atom. The second-order valence-electron chi connectivity index (χ2n) is 4.64. The minimum Gasteiger partial charge on any atom is -0.369 e. The van der Waals surface area contributed by atoms with Crippen LogP contribution in [0.1, 0.15) is 60.8 Å². The van der Waals surface area contributed by atoms with Crippen molar-refractivity contribution < 1.29 is 4.74 Å². The average Bonchev–Trinajstić information content (AvgIpc) is 2.14. The van der Waals surface area contributed by atoms with Gasteiger partial charge in [-0.2, -0.15) is 0 Å². The predicted molar refractivity (Wildman–Crippen MR) is 67.8 cm³/mol. The Morgan fingerprint density at radius 1 is 1.27 bits per heavy atom. The summed E-state index contributed by atoms with van der Waals surface area (Å²) in [4.78, 5) is 4.61. The Balaban J connectivity index is 4.60. The molecular formula is C13H27NO. The first kappa shape index (κ1) is 14.6. The lowest BCUT2D eigenvalue weighted by Gasteiger charge is -2.30. The Hall–Kier alpha value is -0.370. The van der Waals surface area contributed by atoms with Gasteiger partial charge >= 0.3 is 0 Å². The molecule has 0 radical (unpaired) electrons. The van der Waals surface area contributed by atoms with Crippen molar-refractivity contribution in [1.29, 1.82) is 0 Å². The van der Waals surface area contributed by atoms with Gasteiger partial charge < -0.3 is 4.74 Å². The van der Waals surface area contributed by atoms with E-state index in [0.29, 0.717) is 6.04 Å². The molecule has 0 saturated heterocycles. The number of nitrogens with zero attached hydrogens (tertiary/aromatic N) is 1. The van der Waals surface area contributed by atoms with Gasteiger partial charge in [-0.05, 0) is 40.5 Å². The van der Waals surface area contributed by atoms with Gasteiger partial charge in [-0.1, -0.05) is 20.3 Å². The fourth-order valence-corrected chi connectivity index (χ4v) is 1.69. The Labute approximate surface area is 95.1 Å². The molecule has 0 heterocycles. The van der Waals surface area contributed by atoms with Crippen molar-refractivity contribution in [2.24, 2.45) is 4.99 Å². The first-order valence-electron chi connectivity index (χ1n) is 6.15. The smallest absolute Gasteiger partial charge is 0.103 e. The molecule has 0 bridgehead atoms. The van der Waals surface area contributed by atoms with Crippen LogP contribution in [-0.2, 0) is 4.74 Å². The maximum atomic E-state index is 5.95. The van der Waals surface area contributed by atoms with E-state index in [2.05, 4.69) is 46.5 Å². The van der Waals surface area contributed by atoms with Gasteiger partial charge in [0.05, 0.1) is 0 Å². The molecule has 0 saturated carbocycles. The van der Waals surface area contributed by atoms with E-state index in [9.17, 15) is 0 Å². The molecule has 1 atom stereocenters. The molecule has 0 spiro atoms. The summed E-state index contributed by atoms with van der Waals surface area (Å²) in [5.41, 5.74) is 0.975. The third-order valence-corrected chi connectivity index (χ3v) is 2.57. The minimum absolute atomic E-state index is 0.158. The average molecular weight is 213 g/mol. The van der Waals surface area contributed by atoms with Crippen molar-refractivity contribution in [3.63, 3.8) is 0 Å². The Morgan fingerprint density at radius 2 is 1.87 bits per heavy atom. The lowest BCUT2D eigenvalue weighted by atomic mass is 9.94. The highest BCUT2D eigenvalue weighted by Gasteiger charge is 2.27. The monoisotopic (exact) mass is 213 g/mol. The van der Waals surface area contributed by atoms with E-state index < -0.39 is 0 Å². The van der Waals surface area contributed by atoms with Gasteiger partial charge in [0, 0.05) is 18.4 Å². The van der Waals surface area contributed by atoms with Crippen molar-refractivity contribution in [1.82, 2.24) is 0 Å². The zero-order chi connectivity index (χ0) is 11.9. The molecule has 90 valence electrons. The van der Waals surface area contributed by atoms with Crippen molar-refractivity contribution >= 4 is 5.71 Å². The molecule has 0 aromatic heterocycles. The molecule has 0 rings (SSSR count). The molecule has 2 nitrogen and oxygen atoms in total. The minimum atomic E-state index is -0.158. The summed E-state index contributed by atoms with van der Waals surface area (Å²) in [5.74, 6) is 0. The molecule has 0 aromatic carbocycles. The van der Waals surface area contributed by atoms with Crippen molar-refractivity contribution in [3.05, 3.63) is 0 Å². The molecule has 2 heteroatoms. The van der Waals surface area contributed by atoms with Gasteiger partial charge in [-0.25, -0.2) is 0 Å². The molecular weight excluding hydrogens is 186 g/mol.